The normalized spacial score (nSPS) is 13.7. The minimum Gasteiger partial charge on any atom is -0.491 e. The highest BCUT2D eigenvalue weighted by atomic mass is 16.6. The van der Waals surface area contributed by atoms with Crippen LogP contribution in [0.4, 0.5) is 14.4 Å². The third-order valence-corrected chi connectivity index (χ3v) is 18.9. The monoisotopic (exact) mass is 1440 g/mol. The van der Waals surface area contributed by atoms with Gasteiger partial charge in [0.25, 0.3) is 0 Å². The van der Waals surface area contributed by atoms with E-state index in [1.54, 1.807) is 0 Å². The Hall–Kier alpha value is -7.25. The summed E-state index contributed by atoms with van der Waals surface area (Å²) < 4.78 is 61.7. The fourth-order valence-corrected chi connectivity index (χ4v) is 12.7. The third-order valence-electron chi connectivity index (χ3n) is 18.9. The number of ether oxygens (including phenoxy) is 9. The van der Waals surface area contributed by atoms with E-state index in [9.17, 15) is 14.4 Å². The number of benzene rings is 5. The minimum atomic E-state index is -0.303. The van der Waals surface area contributed by atoms with Crippen LogP contribution in [0.5, 0.6) is 28.7 Å². The summed E-state index contributed by atoms with van der Waals surface area (Å²) in [4.78, 5) is 37.9. The number of hydrogen-bond donors (Lipinski definition) is 6. The number of rotatable bonds is 30. The maximum absolute atomic E-state index is 12.6. The minimum absolute atomic E-state index is 0.203. The molecule has 18 nitrogen and oxygen atoms in total. The van der Waals surface area contributed by atoms with Crippen LogP contribution in [0, 0.1) is 0 Å². The van der Waals surface area contributed by atoms with E-state index in [0.717, 1.165) is 145 Å². The number of carbonyl (C=O) groups excluding carboxylic acids is 3. The first-order valence-electron chi connectivity index (χ1n) is 38.7. The lowest BCUT2D eigenvalue weighted by atomic mass is 9.79. The molecule has 8 rings (SSSR count). The molecule has 12 bridgehead atoms. The van der Waals surface area contributed by atoms with Gasteiger partial charge in [-0.1, -0.05) is 205 Å². The zero-order valence-corrected chi connectivity index (χ0v) is 66.9. The van der Waals surface area contributed by atoms with E-state index < -0.39 is 0 Å². The van der Waals surface area contributed by atoms with E-state index in [1.165, 1.54) is 5.56 Å². The predicted molar refractivity (Wildman–Crippen MR) is 419 cm³/mol. The predicted octanol–water partition coefficient (Wildman–Crippen LogP) is 15.7. The zero-order chi connectivity index (χ0) is 75.7. The molecule has 576 valence electrons. The lowest BCUT2D eigenvalue weighted by Gasteiger charge is -2.29. The molecule has 0 unspecified atom stereocenters. The van der Waals surface area contributed by atoms with Gasteiger partial charge >= 0.3 is 18.1 Å². The van der Waals surface area contributed by atoms with Crippen molar-refractivity contribution >= 4 is 18.1 Å². The number of unbranched alkanes of at least 4 members (excludes halogenated alkanes) is 3. The molecule has 0 saturated carbocycles. The molecule has 6 N–H and O–H groups in total. The first-order valence-corrected chi connectivity index (χ1v) is 38.7. The molecule has 6 amide bonds. The standard InChI is InChI=1S/C86H130N6O12/c1-19-22-25-87-79(93)90-28-31-96-34-39-100-74-59-44-60-50-70(83(7,8)9)52-62(75(60)101-40-35-97-32-29-91-80(94)88-26-23-20-2)46-66-56-73(86(16,17)18)58-68-48-64-54-71(84(10,11)12)53-63(76(64)102-41-36-98-33-30-92-81(95)89-27-24-21-3)47-67-57-72(85(13,14)15)55-65(45-61(74)51-69(49-59)82(4,5)6)77(67)103-42-37-99-38-43-104-78(66)68/h49-58H,19-48H2,1-18H3,(H2,87,90,93)(H2,88,91,94)(H2,89,92,95). The average Bonchev–Trinajstić information content (AvgIpc) is 0.764. The van der Waals surface area contributed by atoms with Crippen LogP contribution in [0.25, 0.3) is 0 Å². The molecule has 1 aliphatic carbocycles. The van der Waals surface area contributed by atoms with Crippen LogP contribution >= 0.6 is 0 Å². The van der Waals surface area contributed by atoms with Gasteiger partial charge in [0, 0.05) is 71.4 Å². The van der Waals surface area contributed by atoms with E-state index >= 15 is 0 Å². The average molecular weight is 1440 g/mol. The summed E-state index contributed by atoms with van der Waals surface area (Å²) in [5.41, 5.74) is 14.4. The number of fused-ring (bicyclic) bond motifs is 6. The lowest BCUT2D eigenvalue weighted by molar-refractivity contribution is 0.0755. The topological polar surface area (TPSA) is 206 Å². The van der Waals surface area contributed by atoms with Gasteiger partial charge < -0.3 is 74.5 Å². The van der Waals surface area contributed by atoms with Crippen LogP contribution in [-0.4, -0.2) is 143 Å². The van der Waals surface area contributed by atoms with Gasteiger partial charge in [0.1, 0.15) is 61.8 Å². The van der Waals surface area contributed by atoms with Crippen molar-refractivity contribution in [3.05, 3.63) is 144 Å². The summed E-state index contributed by atoms with van der Waals surface area (Å²) >= 11 is 0. The van der Waals surface area contributed by atoms with Gasteiger partial charge in [-0.15, -0.1) is 0 Å². The maximum atomic E-state index is 12.6. The fraction of sp³-hybridized carbons (Fsp3) is 0.616. The Kier molecular flexibility index (Phi) is 32.2. The number of nitrogens with one attached hydrogen (secondary N) is 6. The molecular formula is C86H130N6O12. The second kappa shape index (κ2) is 39.9. The zero-order valence-electron chi connectivity index (χ0n) is 66.9. The summed E-state index contributed by atoms with van der Waals surface area (Å²) in [7, 11) is 0. The molecule has 2 heterocycles. The Bertz CT molecular complexity index is 3370. The molecule has 0 saturated heterocycles. The van der Waals surface area contributed by atoms with Crippen molar-refractivity contribution in [3.63, 3.8) is 0 Å². The van der Waals surface area contributed by atoms with Crippen molar-refractivity contribution < 1.29 is 57.0 Å². The van der Waals surface area contributed by atoms with Crippen LogP contribution in [0.2, 0.25) is 0 Å². The number of hydrogen-bond acceptors (Lipinski definition) is 12. The second-order valence-electron chi connectivity index (χ2n) is 33.1. The van der Waals surface area contributed by atoms with Crippen molar-refractivity contribution in [2.24, 2.45) is 0 Å². The number of amides is 6. The van der Waals surface area contributed by atoms with Crippen LogP contribution in [0.1, 0.15) is 247 Å². The van der Waals surface area contributed by atoms with Crippen molar-refractivity contribution in [1.29, 1.82) is 0 Å². The molecule has 0 fully saturated rings. The van der Waals surface area contributed by atoms with Crippen LogP contribution < -0.4 is 55.6 Å². The summed E-state index contributed by atoms with van der Waals surface area (Å²) in [6, 6.07) is 22.7. The van der Waals surface area contributed by atoms with Crippen molar-refractivity contribution in [1.82, 2.24) is 31.9 Å². The SMILES string of the molecule is CCCCNC(=O)NCCOCCOc1c2cc(C(C)(C)C)cc1Cc1cc(C(C)(C)C)cc3c1OCCOCCOc1c(cc(C(C)(C)C)cc1Cc1cc(C(C)(C)C)cc(c1OCCOCCNC(=O)NCCCC)C3)Cc1cc(C(C)(C)C)cc(c1OCCOCCNC(=O)NCCCC)C2. The smallest absolute Gasteiger partial charge is 0.314 e. The van der Waals surface area contributed by atoms with Gasteiger partial charge in [0.05, 0.1) is 52.9 Å². The Balaban J connectivity index is 1.52. The molecule has 5 aromatic rings. The molecule has 104 heavy (non-hydrogen) atoms. The van der Waals surface area contributed by atoms with Gasteiger partial charge in [-0.2, -0.15) is 0 Å². The van der Waals surface area contributed by atoms with Crippen LogP contribution in [0.15, 0.2) is 60.7 Å². The van der Waals surface area contributed by atoms with E-state index in [0.29, 0.717) is 104 Å². The largest absolute Gasteiger partial charge is 0.491 e. The van der Waals surface area contributed by atoms with Gasteiger partial charge in [-0.3, -0.25) is 0 Å². The number of carbonyl (C=O) groups is 3. The molecule has 0 atom stereocenters. The molecule has 18 heteroatoms. The Labute approximate surface area is 624 Å². The van der Waals surface area contributed by atoms with Crippen molar-refractivity contribution in [2.75, 3.05) is 125 Å². The van der Waals surface area contributed by atoms with E-state index in [2.05, 4.69) is 217 Å². The first-order chi connectivity index (χ1) is 49.4. The highest BCUT2D eigenvalue weighted by Gasteiger charge is 2.31. The maximum Gasteiger partial charge on any atom is 0.314 e. The molecule has 2 aliphatic heterocycles. The molecule has 0 spiro atoms. The van der Waals surface area contributed by atoms with Crippen molar-refractivity contribution in [3.8, 4) is 28.7 Å². The summed E-state index contributed by atoms with van der Waals surface area (Å²) in [5.74, 6) is 3.84. The highest BCUT2D eigenvalue weighted by Crippen LogP contribution is 2.46. The van der Waals surface area contributed by atoms with Crippen molar-refractivity contribution in [2.45, 2.75) is 222 Å². The van der Waals surface area contributed by atoms with Gasteiger partial charge in [0.15, 0.2) is 0 Å². The van der Waals surface area contributed by atoms with Gasteiger partial charge in [-0.25, -0.2) is 14.4 Å². The van der Waals surface area contributed by atoms with Gasteiger partial charge in [-0.05, 0) is 130 Å². The molecule has 3 aliphatic rings. The molecule has 5 aromatic carbocycles. The summed E-state index contributed by atoms with van der Waals surface area (Å²) in [5, 5.41) is 17.6. The second-order valence-corrected chi connectivity index (χ2v) is 33.1. The van der Waals surface area contributed by atoms with E-state index in [1.807, 2.05) is 0 Å². The van der Waals surface area contributed by atoms with Crippen LogP contribution in [-0.2, 0) is 78.1 Å². The number of urea groups is 3. The molecular weight excluding hydrogens is 1310 g/mol. The Morgan fingerprint density at radius 1 is 0.308 bits per heavy atom. The highest BCUT2D eigenvalue weighted by molar-refractivity contribution is 5.74. The van der Waals surface area contributed by atoms with E-state index in [-0.39, 0.29) is 98.0 Å². The quantitative estimate of drug-likeness (QED) is 0.0184. The molecule has 0 radical (unpaired) electrons. The fourth-order valence-electron chi connectivity index (χ4n) is 12.7. The third kappa shape index (κ3) is 26.4. The Morgan fingerprint density at radius 3 is 0.760 bits per heavy atom. The first kappa shape index (κ1) is 84.0. The summed E-state index contributed by atoms with van der Waals surface area (Å²) in [6.45, 7) is 47.0. The van der Waals surface area contributed by atoms with E-state index in [4.69, 9.17) is 42.6 Å². The molecule has 0 aromatic heterocycles. The van der Waals surface area contributed by atoms with Crippen LogP contribution in [0.3, 0.4) is 0 Å². The lowest BCUT2D eigenvalue weighted by Crippen LogP contribution is -2.37. The Morgan fingerprint density at radius 2 is 0.529 bits per heavy atom. The van der Waals surface area contributed by atoms with Gasteiger partial charge in [0.2, 0.25) is 0 Å². The summed E-state index contributed by atoms with van der Waals surface area (Å²) in [6.07, 6.45) is 8.02.